The Morgan fingerprint density at radius 1 is 0.918 bits per heavy atom. The van der Waals surface area contributed by atoms with Crippen molar-refractivity contribution in [1.82, 2.24) is 0 Å². The molecule has 0 aliphatic heterocycles. The van der Waals surface area contributed by atoms with Crippen molar-refractivity contribution in [2.45, 2.75) is 20.3 Å². The third kappa shape index (κ3) is 9.14. The summed E-state index contributed by atoms with van der Waals surface area (Å²) in [5.41, 5.74) is 0.814. The molecule has 0 unspecified atom stereocenters. The first kappa shape index (κ1) is 35.0. The second-order valence-electron chi connectivity index (χ2n) is 10.4. The van der Waals surface area contributed by atoms with E-state index in [1.54, 1.807) is 30.3 Å². The van der Waals surface area contributed by atoms with E-state index >= 15 is 0 Å². The lowest BCUT2D eigenvalue weighted by Gasteiger charge is -2.23. The number of hydrogen-bond donors (Lipinski definition) is 1. The number of non-ortho nitro benzene ring substituents is 1. The third-order valence-electron chi connectivity index (χ3n) is 7.16. The van der Waals surface area contributed by atoms with E-state index in [0.717, 1.165) is 17.2 Å². The van der Waals surface area contributed by atoms with E-state index in [2.05, 4.69) is 15.5 Å². The second-order valence-corrected chi connectivity index (χ2v) is 10.4. The molecule has 1 N–H and O–H groups in total. The number of anilines is 2. The van der Waals surface area contributed by atoms with Gasteiger partial charge in [0.15, 0.2) is 18.1 Å². The van der Waals surface area contributed by atoms with Crippen molar-refractivity contribution in [2.24, 2.45) is 10.2 Å². The average Bonchev–Trinajstić information content (AvgIpc) is 3.10. The molecule has 0 spiro atoms. The van der Waals surface area contributed by atoms with E-state index in [-0.39, 0.29) is 30.1 Å². The van der Waals surface area contributed by atoms with Gasteiger partial charge in [-0.2, -0.15) is 5.26 Å². The molecular weight excluding hydrogens is 634 g/mol. The van der Waals surface area contributed by atoms with Crippen molar-refractivity contribution in [1.29, 1.82) is 5.26 Å². The molecule has 15 nitrogen and oxygen atoms in total. The molecule has 0 radical (unpaired) electrons. The van der Waals surface area contributed by atoms with Crippen LogP contribution < -0.4 is 10.2 Å². The van der Waals surface area contributed by atoms with Crippen LogP contribution >= 0.6 is 0 Å². The molecule has 248 valence electrons. The summed E-state index contributed by atoms with van der Waals surface area (Å²) in [4.78, 5) is 60.0. The fourth-order valence-corrected chi connectivity index (χ4v) is 4.72. The number of Topliss-reactive ketones (excluding diaryl/α,β-unsaturated/α-hetero) is 1. The molecule has 0 bridgehead atoms. The Balaban J connectivity index is 1.44. The average molecular weight is 664 g/mol. The number of benzene rings is 4. The predicted octanol–water partition coefficient (Wildman–Crippen LogP) is 7.06. The summed E-state index contributed by atoms with van der Waals surface area (Å²) in [6.45, 7) is 3.34. The Bertz CT molecular complexity index is 1970. The fourth-order valence-electron chi connectivity index (χ4n) is 4.72. The van der Waals surface area contributed by atoms with Crippen LogP contribution in [0.25, 0.3) is 11.1 Å². The number of nitro benzene ring substituents is 2. The van der Waals surface area contributed by atoms with Crippen molar-refractivity contribution in [3.63, 3.8) is 0 Å². The Labute approximate surface area is 279 Å². The minimum Gasteiger partial charge on any atom is -0.457 e. The summed E-state index contributed by atoms with van der Waals surface area (Å²) in [6.07, 6.45) is -0.0499. The topological polar surface area (TPSA) is 210 Å². The molecule has 0 saturated heterocycles. The molecule has 0 saturated carbocycles. The molecule has 15 heteroatoms. The van der Waals surface area contributed by atoms with Gasteiger partial charge in [0.05, 0.1) is 33.6 Å². The zero-order valence-corrected chi connectivity index (χ0v) is 26.4. The number of nitro groups is 2. The van der Waals surface area contributed by atoms with Gasteiger partial charge >= 0.3 is 11.7 Å². The smallest absolute Gasteiger partial charge is 0.308 e. The zero-order chi connectivity index (χ0) is 35.5. The van der Waals surface area contributed by atoms with Gasteiger partial charge in [-0.15, -0.1) is 10.2 Å². The number of nitrogens with one attached hydrogen (secondary N) is 1. The maximum atomic E-state index is 12.6. The van der Waals surface area contributed by atoms with Crippen molar-refractivity contribution in [3.05, 3.63) is 116 Å². The number of rotatable bonds is 14. The first-order valence-corrected chi connectivity index (χ1v) is 14.8. The number of nitrogens with zero attached hydrogens (tertiary/aromatic N) is 6. The van der Waals surface area contributed by atoms with E-state index in [0.29, 0.717) is 23.9 Å². The van der Waals surface area contributed by atoms with Crippen LogP contribution in [0.2, 0.25) is 0 Å². The Hall–Kier alpha value is -6.82. The number of nitriles is 1. The summed E-state index contributed by atoms with van der Waals surface area (Å²) in [6, 6.07) is 24.5. The third-order valence-corrected chi connectivity index (χ3v) is 7.16. The molecule has 0 fully saturated rings. The normalized spacial score (nSPS) is 10.6. The lowest BCUT2D eigenvalue weighted by molar-refractivity contribution is -0.393. The molecule has 0 heterocycles. The largest absolute Gasteiger partial charge is 0.457 e. The van der Waals surface area contributed by atoms with Gasteiger partial charge < -0.3 is 15.0 Å². The number of carbonyl (C=O) groups is 3. The van der Waals surface area contributed by atoms with Crippen molar-refractivity contribution < 1.29 is 29.0 Å². The highest BCUT2D eigenvalue weighted by Gasteiger charge is 2.25. The van der Waals surface area contributed by atoms with Crippen molar-refractivity contribution in [2.75, 3.05) is 29.9 Å². The standard InChI is InChI=1S/C34H29N7O8/c1-3-39(16-15-33(44)49-21-32(43)25-11-9-24(10-12-25)23-7-5-4-6-8-23)27-13-14-29(30(18-27)36-22(2)42)37-38-34-26(20-35)17-28(40(45)46)19-31(34)41(47)48/h4-14,17-19H,3,15-16,21H2,1-2H3,(H,36,42). The first-order valence-electron chi connectivity index (χ1n) is 14.8. The minimum atomic E-state index is -0.913. The van der Waals surface area contributed by atoms with Gasteiger partial charge in [-0.3, -0.25) is 34.6 Å². The van der Waals surface area contributed by atoms with Crippen LogP contribution in [-0.4, -0.2) is 47.2 Å². The Morgan fingerprint density at radius 3 is 2.22 bits per heavy atom. The second kappa shape index (κ2) is 16.1. The number of amides is 1. The summed E-state index contributed by atoms with van der Waals surface area (Å²) < 4.78 is 5.23. The molecule has 0 aromatic heterocycles. The SMILES string of the molecule is CCN(CCC(=O)OCC(=O)c1ccc(-c2ccccc2)cc1)c1ccc(N=Nc2c(C#N)cc([N+](=O)[O-])cc2[N+](=O)[O-])c(NC(C)=O)c1. The molecule has 4 aromatic carbocycles. The Kier molecular flexibility index (Phi) is 11.5. The molecule has 49 heavy (non-hydrogen) atoms. The molecule has 4 rings (SSSR count). The van der Waals surface area contributed by atoms with Gasteiger partial charge in [0.25, 0.3) is 5.69 Å². The molecular formula is C34H29N7O8. The Morgan fingerprint density at radius 2 is 1.61 bits per heavy atom. The fraction of sp³-hybridized carbons (Fsp3) is 0.176. The van der Waals surface area contributed by atoms with Crippen LogP contribution in [0.15, 0.2) is 95.2 Å². The van der Waals surface area contributed by atoms with Gasteiger partial charge in [0, 0.05) is 37.3 Å². The van der Waals surface area contributed by atoms with E-state index in [4.69, 9.17) is 4.74 Å². The van der Waals surface area contributed by atoms with E-state index in [1.807, 2.05) is 54.3 Å². The van der Waals surface area contributed by atoms with Gasteiger partial charge in [0.1, 0.15) is 11.8 Å². The maximum absolute atomic E-state index is 12.6. The van der Waals surface area contributed by atoms with Gasteiger partial charge in [-0.1, -0.05) is 54.6 Å². The first-order chi connectivity index (χ1) is 23.5. The lowest BCUT2D eigenvalue weighted by Crippen LogP contribution is -2.27. The van der Waals surface area contributed by atoms with Gasteiger partial charge in [-0.05, 0) is 36.2 Å². The minimum absolute atomic E-state index is 0.0499. The highest BCUT2D eigenvalue weighted by Crippen LogP contribution is 2.38. The van der Waals surface area contributed by atoms with Crippen LogP contribution in [0.1, 0.15) is 36.2 Å². The molecule has 0 atom stereocenters. The van der Waals surface area contributed by atoms with Crippen LogP contribution in [0.3, 0.4) is 0 Å². The summed E-state index contributed by atoms with van der Waals surface area (Å²) in [7, 11) is 0. The van der Waals surface area contributed by atoms with E-state index in [1.165, 1.54) is 13.0 Å². The summed E-state index contributed by atoms with van der Waals surface area (Å²) >= 11 is 0. The van der Waals surface area contributed by atoms with Crippen LogP contribution in [0, 0.1) is 31.6 Å². The highest BCUT2D eigenvalue weighted by molar-refractivity contribution is 5.98. The molecule has 0 aliphatic carbocycles. The van der Waals surface area contributed by atoms with E-state index in [9.17, 15) is 39.9 Å². The molecule has 1 amide bonds. The quantitative estimate of drug-likeness (QED) is 0.0477. The lowest BCUT2D eigenvalue weighted by atomic mass is 10.0. The van der Waals surface area contributed by atoms with Gasteiger partial charge in [0.2, 0.25) is 5.91 Å². The molecule has 4 aromatic rings. The van der Waals surface area contributed by atoms with Gasteiger partial charge in [-0.25, -0.2) is 0 Å². The number of hydrogen-bond acceptors (Lipinski definition) is 12. The number of azo groups is 1. The maximum Gasteiger partial charge on any atom is 0.308 e. The number of esters is 1. The van der Waals surface area contributed by atoms with Crippen LogP contribution in [-0.2, 0) is 14.3 Å². The molecule has 0 aliphatic rings. The summed E-state index contributed by atoms with van der Waals surface area (Å²) in [5, 5.41) is 42.7. The van der Waals surface area contributed by atoms with Crippen molar-refractivity contribution in [3.8, 4) is 17.2 Å². The monoisotopic (exact) mass is 663 g/mol. The van der Waals surface area contributed by atoms with Crippen LogP contribution in [0.5, 0.6) is 0 Å². The number of ketones is 1. The van der Waals surface area contributed by atoms with Crippen molar-refractivity contribution >= 4 is 51.8 Å². The number of ether oxygens (including phenoxy) is 1. The predicted molar refractivity (Wildman–Crippen MR) is 179 cm³/mol. The number of carbonyl (C=O) groups excluding carboxylic acids is 3. The van der Waals surface area contributed by atoms with Crippen LogP contribution in [0.4, 0.5) is 34.1 Å². The highest BCUT2D eigenvalue weighted by atomic mass is 16.6. The zero-order valence-electron chi connectivity index (χ0n) is 26.4. The summed E-state index contributed by atoms with van der Waals surface area (Å²) in [5.74, 6) is -1.39. The van der Waals surface area contributed by atoms with E-state index < -0.39 is 51.0 Å².